The normalized spacial score (nSPS) is 17.4. The third kappa shape index (κ3) is 4.72. The lowest BCUT2D eigenvalue weighted by Crippen LogP contribution is -2.44. The van der Waals surface area contributed by atoms with E-state index >= 15 is 0 Å². The highest BCUT2D eigenvalue weighted by atomic mass is 16.2. The van der Waals surface area contributed by atoms with Gasteiger partial charge in [0.05, 0.1) is 18.6 Å². The van der Waals surface area contributed by atoms with Gasteiger partial charge in [-0.2, -0.15) is 0 Å². The van der Waals surface area contributed by atoms with Gasteiger partial charge in [-0.05, 0) is 52.5 Å². The van der Waals surface area contributed by atoms with Gasteiger partial charge < -0.3 is 20.5 Å². The second-order valence-electron chi connectivity index (χ2n) is 10.3. The highest BCUT2D eigenvalue weighted by Crippen LogP contribution is 2.33. The predicted molar refractivity (Wildman–Crippen MR) is 145 cm³/mol. The van der Waals surface area contributed by atoms with E-state index in [4.69, 9.17) is 5.73 Å². The molecule has 1 atom stereocenters. The van der Waals surface area contributed by atoms with Crippen LogP contribution in [0.5, 0.6) is 0 Å². The van der Waals surface area contributed by atoms with Gasteiger partial charge in [-0.3, -0.25) is 18.7 Å². The molecular weight excluding hydrogens is 484 g/mol. The third-order valence-corrected chi connectivity index (χ3v) is 7.15. The van der Waals surface area contributed by atoms with Gasteiger partial charge in [-0.1, -0.05) is 5.92 Å². The van der Waals surface area contributed by atoms with Crippen molar-refractivity contribution in [2.24, 2.45) is 12.8 Å². The van der Waals surface area contributed by atoms with Crippen molar-refractivity contribution < 1.29 is 4.79 Å². The minimum absolute atomic E-state index is 0.0611. The van der Waals surface area contributed by atoms with Crippen LogP contribution < -0.4 is 27.2 Å². The number of carbonyl (C=O) groups is 1. The maximum atomic E-state index is 14.1. The summed E-state index contributed by atoms with van der Waals surface area (Å²) in [5, 5.41) is 3.07. The quantitative estimate of drug-likeness (QED) is 0.461. The van der Waals surface area contributed by atoms with Crippen LogP contribution in [-0.4, -0.2) is 54.7 Å². The molecule has 2 fully saturated rings. The van der Waals surface area contributed by atoms with E-state index in [0.717, 1.165) is 41.6 Å². The molecular formula is C27H34N8O3. The maximum absolute atomic E-state index is 14.1. The first kappa shape index (κ1) is 25.7. The molecule has 0 unspecified atom stereocenters. The first-order valence-electron chi connectivity index (χ1n) is 13.1. The standard InChI is InChI=1S/C27H34N8O3/c1-5-6-12-34-23-22(21(24(36)31-19-9-10-19)25(34)33-11-7-8-18(28)14-33)32(4)27(38)35(26(23)37)15-20-29-16(2)13-17(3)30-20/h13,18-19H,7-12,14-15,28H2,1-4H3,(H,31,36)/t18-/m1/s1. The van der Waals surface area contributed by atoms with E-state index in [0.29, 0.717) is 35.8 Å². The van der Waals surface area contributed by atoms with Crippen molar-refractivity contribution >= 4 is 22.8 Å². The number of hydrogen-bond donors (Lipinski definition) is 2. The highest BCUT2D eigenvalue weighted by molar-refractivity contribution is 6.11. The average Bonchev–Trinajstić information content (AvgIpc) is 3.61. The number of anilines is 1. The Morgan fingerprint density at radius 2 is 1.84 bits per heavy atom. The van der Waals surface area contributed by atoms with Crippen LogP contribution in [0.25, 0.3) is 11.0 Å². The molecule has 0 aromatic carbocycles. The highest BCUT2D eigenvalue weighted by Gasteiger charge is 2.34. The summed E-state index contributed by atoms with van der Waals surface area (Å²) in [5.74, 6) is 6.63. The molecule has 1 saturated carbocycles. The summed E-state index contributed by atoms with van der Waals surface area (Å²) >= 11 is 0. The third-order valence-electron chi connectivity index (χ3n) is 7.15. The zero-order valence-electron chi connectivity index (χ0n) is 22.4. The van der Waals surface area contributed by atoms with E-state index in [1.54, 1.807) is 18.5 Å². The molecule has 1 amide bonds. The van der Waals surface area contributed by atoms with Gasteiger partial charge in [-0.25, -0.2) is 14.8 Å². The molecule has 3 aromatic heterocycles. The number of hydrogen-bond acceptors (Lipinski definition) is 7. The largest absolute Gasteiger partial charge is 0.356 e. The van der Waals surface area contributed by atoms with Gasteiger partial charge >= 0.3 is 5.69 Å². The molecule has 5 rings (SSSR count). The monoisotopic (exact) mass is 518 g/mol. The number of carbonyl (C=O) groups excluding carboxylic acids is 1. The predicted octanol–water partition coefficient (Wildman–Crippen LogP) is 0.800. The van der Waals surface area contributed by atoms with Gasteiger partial charge in [0.1, 0.15) is 22.7 Å². The molecule has 0 spiro atoms. The Morgan fingerprint density at radius 3 is 2.47 bits per heavy atom. The van der Waals surface area contributed by atoms with E-state index in [1.165, 1.54) is 4.57 Å². The minimum atomic E-state index is -0.536. The van der Waals surface area contributed by atoms with Gasteiger partial charge in [0.25, 0.3) is 11.5 Å². The molecule has 1 aliphatic carbocycles. The van der Waals surface area contributed by atoms with E-state index in [-0.39, 0.29) is 36.6 Å². The van der Waals surface area contributed by atoms with Crippen molar-refractivity contribution in [3.63, 3.8) is 0 Å². The average molecular weight is 519 g/mol. The van der Waals surface area contributed by atoms with Crippen LogP contribution in [0.1, 0.15) is 60.2 Å². The van der Waals surface area contributed by atoms with Crippen molar-refractivity contribution in [1.82, 2.24) is 29.0 Å². The Bertz CT molecular complexity index is 1580. The molecule has 0 bridgehead atoms. The fourth-order valence-electron chi connectivity index (χ4n) is 5.32. The fourth-order valence-corrected chi connectivity index (χ4v) is 5.32. The van der Waals surface area contributed by atoms with Crippen molar-refractivity contribution in [3.05, 3.63) is 49.7 Å². The number of amides is 1. The smallest absolute Gasteiger partial charge is 0.331 e. The number of piperidine rings is 1. The number of fused-ring (bicyclic) bond motifs is 1. The minimum Gasteiger partial charge on any atom is -0.356 e. The first-order chi connectivity index (χ1) is 18.2. The second-order valence-corrected chi connectivity index (χ2v) is 10.3. The number of nitrogens with two attached hydrogens (primary N) is 1. The summed E-state index contributed by atoms with van der Waals surface area (Å²) in [6.45, 7) is 6.76. The second kappa shape index (κ2) is 10.1. The maximum Gasteiger partial charge on any atom is 0.331 e. The lowest BCUT2D eigenvalue weighted by atomic mass is 10.1. The molecule has 2 aliphatic rings. The molecule has 11 heteroatoms. The zero-order chi connectivity index (χ0) is 27.1. The van der Waals surface area contributed by atoms with Crippen LogP contribution in [-0.2, 0) is 20.1 Å². The molecule has 4 heterocycles. The van der Waals surface area contributed by atoms with Crippen molar-refractivity contribution in [1.29, 1.82) is 0 Å². The van der Waals surface area contributed by atoms with E-state index in [1.807, 2.05) is 19.9 Å². The van der Waals surface area contributed by atoms with Gasteiger partial charge in [0.2, 0.25) is 0 Å². The van der Waals surface area contributed by atoms with E-state index in [2.05, 4.69) is 32.0 Å². The molecule has 3 aromatic rings. The van der Waals surface area contributed by atoms with Crippen LogP contribution >= 0.6 is 0 Å². The van der Waals surface area contributed by atoms with Crippen LogP contribution in [0, 0.1) is 25.7 Å². The van der Waals surface area contributed by atoms with Crippen molar-refractivity contribution in [3.8, 4) is 11.8 Å². The van der Waals surface area contributed by atoms with Crippen LogP contribution in [0.4, 0.5) is 5.82 Å². The van der Waals surface area contributed by atoms with E-state index in [9.17, 15) is 14.4 Å². The Balaban J connectivity index is 1.80. The SMILES string of the molecule is CC#CCn1c(N2CCC[C@@H](N)C2)c(C(=O)NC2CC2)c2c1c(=O)n(Cc1nc(C)cc(C)n1)c(=O)n2C. The molecule has 3 N–H and O–H groups in total. The Labute approximate surface area is 220 Å². The Kier molecular flexibility index (Phi) is 6.84. The summed E-state index contributed by atoms with van der Waals surface area (Å²) in [5.41, 5.74) is 7.69. The summed E-state index contributed by atoms with van der Waals surface area (Å²) in [4.78, 5) is 52.3. The lowest BCUT2D eigenvalue weighted by molar-refractivity contribution is 0.0952. The number of nitrogens with zero attached hydrogens (tertiary/aromatic N) is 6. The topological polar surface area (TPSA) is 133 Å². The molecule has 1 saturated heterocycles. The number of rotatable bonds is 6. The number of aromatic nitrogens is 5. The lowest BCUT2D eigenvalue weighted by Gasteiger charge is -2.33. The van der Waals surface area contributed by atoms with Crippen LogP contribution in [0.3, 0.4) is 0 Å². The molecule has 11 nitrogen and oxygen atoms in total. The molecule has 0 radical (unpaired) electrons. The fraction of sp³-hybridized carbons (Fsp3) is 0.519. The number of aryl methyl sites for hydroxylation is 3. The first-order valence-corrected chi connectivity index (χ1v) is 13.1. The van der Waals surface area contributed by atoms with Gasteiger partial charge in [0.15, 0.2) is 0 Å². The van der Waals surface area contributed by atoms with Crippen molar-refractivity contribution in [2.45, 2.75) is 71.6 Å². The van der Waals surface area contributed by atoms with Crippen LogP contribution in [0.15, 0.2) is 15.7 Å². The molecule has 38 heavy (non-hydrogen) atoms. The Hall–Kier alpha value is -3.91. The Morgan fingerprint density at radius 1 is 1.13 bits per heavy atom. The van der Waals surface area contributed by atoms with Crippen molar-refractivity contribution in [2.75, 3.05) is 18.0 Å². The summed E-state index contributed by atoms with van der Waals surface area (Å²) in [6, 6.07) is 1.88. The summed E-state index contributed by atoms with van der Waals surface area (Å²) in [7, 11) is 1.60. The molecule has 1 aliphatic heterocycles. The van der Waals surface area contributed by atoms with Gasteiger partial charge in [-0.15, -0.1) is 5.92 Å². The summed E-state index contributed by atoms with van der Waals surface area (Å²) < 4.78 is 4.32. The molecule has 200 valence electrons. The van der Waals surface area contributed by atoms with Gasteiger partial charge in [0, 0.05) is 43.6 Å². The number of nitrogens with one attached hydrogen (secondary N) is 1. The van der Waals surface area contributed by atoms with Crippen LogP contribution in [0.2, 0.25) is 0 Å². The summed E-state index contributed by atoms with van der Waals surface area (Å²) in [6.07, 6.45) is 3.57. The zero-order valence-corrected chi connectivity index (χ0v) is 22.4. The van der Waals surface area contributed by atoms with E-state index < -0.39 is 11.2 Å².